The van der Waals surface area contributed by atoms with Gasteiger partial charge in [-0.2, -0.15) is 0 Å². The van der Waals surface area contributed by atoms with Crippen molar-refractivity contribution in [3.05, 3.63) is 11.6 Å². The highest BCUT2D eigenvalue weighted by Gasteiger charge is 2.24. The van der Waals surface area contributed by atoms with Gasteiger partial charge in [0.05, 0.1) is 0 Å². The van der Waals surface area contributed by atoms with Crippen LogP contribution < -0.4 is 10.6 Å². The molecule has 1 aliphatic carbocycles. The molecule has 4 nitrogen and oxygen atoms in total. The van der Waals surface area contributed by atoms with E-state index in [4.69, 9.17) is 16.3 Å². The number of halogens is 1. The number of alkyl carbamates (subject to hydrolysis) is 1. The molecular weight excluding hydrogens is 264 g/mol. The molecule has 0 radical (unpaired) electrons. The minimum atomic E-state index is -0.441. The van der Waals surface area contributed by atoms with Crippen molar-refractivity contribution >= 4 is 17.7 Å². The van der Waals surface area contributed by atoms with Crippen LogP contribution in [-0.4, -0.2) is 30.3 Å². The summed E-state index contributed by atoms with van der Waals surface area (Å²) in [7, 11) is 0. The summed E-state index contributed by atoms with van der Waals surface area (Å²) >= 11 is 5.73. The van der Waals surface area contributed by atoms with Gasteiger partial charge in [0, 0.05) is 23.7 Å². The maximum Gasteiger partial charge on any atom is 0.407 e. The average Bonchev–Trinajstić information content (AvgIpc) is 2.25. The minimum Gasteiger partial charge on any atom is -0.444 e. The van der Waals surface area contributed by atoms with Crippen LogP contribution >= 0.6 is 11.6 Å². The standard InChI is InChI=1S/C14H25ClN2O2/c1-10(15)9-16-11-5-7-12(8-6-11)17-13(18)19-14(2,3)4/h11-12,16H,1,5-9H2,2-4H3,(H,17,18). The van der Waals surface area contributed by atoms with E-state index in [1.807, 2.05) is 20.8 Å². The van der Waals surface area contributed by atoms with Gasteiger partial charge in [-0.25, -0.2) is 4.79 Å². The third kappa shape index (κ3) is 7.43. The van der Waals surface area contributed by atoms with Crippen LogP contribution in [0.1, 0.15) is 46.5 Å². The van der Waals surface area contributed by atoms with E-state index in [1.165, 1.54) is 0 Å². The van der Waals surface area contributed by atoms with Crippen LogP contribution in [0.2, 0.25) is 0 Å². The molecule has 19 heavy (non-hydrogen) atoms. The monoisotopic (exact) mass is 288 g/mol. The minimum absolute atomic E-state index is 0.215. The topological polar surface area (TPSA) is 50.4 Å². The molecule has 0 aliphatic heterocycles. The lowest BCUT2D eigenvalue weighted by Gasteiger charge is -2.30. The number of hydrogen-bond acceptors (Lipinski definition) is 3. The Morgan fingerprint density at radius 3 is 2.26 bits per heavy atom. The van der Waals surface area contributed by atoms with Gasteiger partial charge in [0.25, 0.3) is 0 Å². The first kappa shape index (κ1) is 16.3. The van der Waals surface area contributed by atoms with E-state index in [9.17, 15) is 4.79 Å². The summed E-state index contributed by atoms with van der Waals surface area (Å²) in [4.78, 5) is 11.6. The van der Waals surface area contributed by atoms with Gasteiger partial charge in [0.1, 0.15) is 5.60 Å². The maximum atomic E-state index is 11.6. The molecule has 0 bridgehead atoms. The van der Waals surface area contributed by atoms with Gasteiger partial charge in [-0.1, -0.05) is 18.2 Å². The lowest BCUT2D eigenvalue weighted by atomic mass is 9.91. The predicted octanol–water partition coefficient (Wildman–Crippen LogP) is 3.16. The zero-order chi connectivity index (χ0) is 14.5. The van der Waals surface area contributed by atoms with E-state index in [2.05, 4.69) is 17.2 Å². The third-order valence-corrected chi connectivity index (χ3v) is 3.16. The number of ether oxygens (including phenoxy) is 1. The van der Waals surface area contributed by atoms with Gasteiger partial charge in [0.15, 0.2) is 0 Å². The van der Waals surface area contributed by atoms with Gasteiger partial charge >= 0.3 is 6.09 Å². The second-order valence-electron chi connectivity index (χ2n) is 6.09. The van der Waals surface area contributed by atoms with Gasteiger partial charge in [-0.15, -0.1) is 0 Å². The smallest absolute Gasteiger partial charge is 0.407 e. The second-order valence-corrected chi connectivity index (χ2v) is 6.63. The zero-order valence-corrected chi connectivity index (χ0v) is 12.8. The van der Waals surface area contributed by atoms with Crippen LogP contribution in [0.5, 0.6) is 0 Å². The molecule has 0 unspecified atom stereocenters. The summed E-state index contributed by atoms with van der Waals surface area (Å²) < 4.78 is 5.25. The number of amides is 1. The Kier molecular flexibility index (Phi) is 6.14. The average molecular weight is 289 g/mol. The summed E-state index contributed by atoms with van der Waals surface area (Å²) in [6.45, 7) is 9.91. The molecule has 0 atom stereocenters. The Morgan fingerprint density at radius 1 is 1.26 bits per heavy atom. The van der Waals surface area contributed by atoms with E-state index in [0.717, 1.165) is 25.7 Å². The van der Waals surface area contributed by atoms with Gasteiger partial charge in [-0.05, 0) is 46.5 Å². The first-order chi connectivity index (χ1) is 8.76. The van der Waals surface area contributed by atoms with Crippen LogP contribution in [0.15, 0.2) is 11.6 Å². The lowest BCUT2D eigenvalue weighted by Crippen LogP contribution is -2.44. The Labute approximate surface area is 120 Å². The highest BCUT2D eigenvalue weighted by molar-refractivity contribution is 6.29. The first-order valence-electron chi connectivity index (χ1n) is 6.82. The van der Waals surface area contributed by atoms with Crippen molar-refractivity contribution in [2.75, 3.05) is 6.54 Å². The summed E-state index contributed by atoms with van der Waals surface area (Å²) in [5.74, 6) is 0. The molecule has 1 saturated carbocycles. The van der Waals surface area contributed by atoms with Crippen molar-refractivity contribution < 1.29 is 9.53 Å². The van der Waals surface area contributed by atoms with Gasteiger partial charge < -0.3 is 15.4 Å². The van der Waals surface area contributed by atoms with Crippen LogP contribution in [-0.2, 0) is 4.74 Å². The van der Waals surface area contributed by atoms with Gasteiger partial charge in [-0.3, -0.25) is 0 Å². The quantitative estimate of drug-likeness (QED) is 0.835. The van der Waals surface area contributed by atoms with E-state index < -0.39 is 5.60 Å². The maximum absolute atomic E-state index is 11.6. The number of nitrogens with one attached hydrogen (secondary N) is 2. The summed E-state index contributed by atoms with van der Waals surface area (Å²) in [5, 5.41) is 6.92. The number of hydrogen-bond donors (Lipinski definition) is 2. The Hall–Kier alpha value is -0.740. The highest BCUT2D eigenvalue weighted by atomic mass is 35.5. The fourth-order valence-electron chi connectivity index (χ4n) is 2.17. The molecule has 0 aromatic rings. The molecule has 1 amide bonds. The van der Waals surface area contributed by atoms with Crippen LogP contribution in [0.3, 0.4) is 0 Å². The van der Waals surface area contributed by atoms with Crippen molar-refractivity contribution in [3.63, 3.8) is 0 Å². The summed E-state index contributed by atoms with van der Waals surface area (Å²) in [5.41, 5.74) is -0.441. The number of carbonyl (C=O) groups is 1. The fraction of sp³-hybridized carbons (Fsp3) is 0.786. The van der Waals surface area contributed by atoms with E-state index in [0.29, 0.717) is 17.6 Å². The Balaban J connectivity index is 2.23. The molecule has 0 aromatic carbocycles. The van der Waals surface area contributed by atoms with E-state index in [-0.39, 0.29) is 12.1 Å². The van der Waals surface area contributed by atoms with Crippen molar-refractivity contribution in [1.29, 1.82) is 0 Å². The molecular formula is C14H25ClN2O2. The normalized spacial score (nSPS) is 23.8. The first-order valence-corrected chi connectivity index (χ1v) is 7.20. The van der Waals surface area contributed by atoms with Crippen molar-refractivity contribution in [3.8, 4) is 0 Å². The molecule has 0 aromatic heterocycles. The molecule has 0 saturated heterocycles. The van der Waals surface area contributed by atoms with Crippen LogP contribution in [0.4, 0.5) is 4.79 Å². The SMILES string of the molecule is C=C(Cl)CNC1CCC(NC(=O)OC(C)(C)C)CC1. The number of carbonyl (C=O) groups excluding carboxylic acids is 1. The van der Waals surface area contributed by atoms with Crippen molar-refractivity contribution in [2.24, 2.45) is 0 Å². The van der Waals surface area contributed by atoms with Gasteiger partial charge in [0.2, 0.25) is 0 Å². The molecule has 1 rings (SSSR count). The van der Waals surface area contributed by atoms with Crippen molar-refractivity contribution in [1.82, 2.24) is 10.6 Å². The van der Waals surface area contributed by atoms with E-state index in [1.54, 1.807) is 0 Å². The zero-order valence-electron chi connectivity index (χ0n) is 12.1. The Bertz CT molecular complexity index is 318. The fourth-order valence-corrected chi connectivity index (χ4v) is 2.25. The lowest BCUT2D eigenvalue weighted by molar-refractivity contribution is 0.0490. The summed E-state index contributed by atoms with van der Waals surface area (Å²) in [6, 6.07) is 0.680. The molecule has 1 fully saturated rings. The van der Waals surface area contributed by atoms with Crippen LogP contribution in [0.25, 0.3) is 0 Å². The van der Waals surface area contributed by atoms with E-state index >= 15 is 0 Å². The van der Waals surface area contributed by atoms with Crippen LogP contribution in [0, 0.1) is 0 Å². The summed E-state index contributed by atoms with van der Waals surface area (Å²) in [6.07, 6.45) is 3.67. The van der Waals surface area contributed by atoms with Crippen molar-refractivity contribution in [2.45, 2.75) is 64.1 Å². The third-order valence-electron chi connectivity index (χ3n) is 3.03. The molecule has 2 N–H and O–H groups in total. The molecule has 110 valence electrons. The molecule has 1 aliphatic rings. The predicted molar refractivity (Wildman–Crippen MR) is 78.4 cm³/mol. The largest absolute Gasteiger partial charge is 0.444 e. The Morgan fingerprint density at radius 2 is 1.79 bits per heavy atom. The second kappa shape index (κ2) is 7.15. The molecule has 5 heteroatoms. The highest BCUT2D eigenvalue weighted by Crippen LogP contribution is 2.19. The molecule has 0 heterocycles. The molecule has 0 spiro atoms. The number of rotatable bonds is 4.